The van der Waals surface area contributed by atoms with Gasteiger partial charge in [0.1, 0.15) is 6.04 Å². The third-order valence-electron chi connectivity index (χ3n) is 3.98. The van der Waals surface area contributed by atoms with Crippen molar-refractivity contribution in [3.63, 3.8) is 0 Å². The number of carbonyl (C=O) groups is 1. The van der Waals surface area contributed by atoms with E-state index in [1.54, 1.807) is 4.90 Å². The van der Waals surface area contributed by atoms with Gasteiger partial charge in [-0.15, -0.1) is 0 Å². The van der Waals surface area contributed by atoms with Crippen molar-refractivity contribution in [1.29, 1.82) is 5.26 Å². The Morgan fingerprint density at radius 2 is 2.29 bits per heavy atom. The summed E-state index contributed by atoms with van der Waals surface area (Å²) in [6, 6.07) is 1.72. The zero-order valence-corrected chi connectivity index (χ0v) is 9.67. The fourth-order valence-corrected chi connectivity index (χ4v) is 3.09. The monoisotopic (exact) mass is 236 g/mol. The van der Waals surface area contributed by atoms with Crippen molar-refractivity contribution in [2.45, 2.75) is 37.5 Å². The molecule has 3 aliphatic rings. The van der Waals surface area contributed by atoms with Crippen LogP contribution in [0.1, 0.15) is 19.3 Å². The molecule has 3 saturated heterocycles. The second-order valence-electron chi connectivity index (χ2n) is 4.97. The number of nitrogens with zero attached hydrogens (tertiary/aromatic N) is 2. The van der Waals surface area contributed by atoms with E-state index in [4.69, 9.17) is 14.7 Å². The summed E-state index contributed by atoms with van der Waals surface area (Å²) in [6.45, 7) is 1.40. The molecule has 5 nitrogen and oxygen atoms in total. The van der Waals surface area contributed by atoms with Crippen LogP contribution in [-0.4, -0.2) is 48.8 Å². The lowest BCUT2D eigenvalue weighted by atomic mass is 9.88. The molecule has 0 aromatic carbocycles. The van der Waals surface area contributed by atoms with Gasteiger partial charge in [-0.25, -0.2) is 0 Å². The first-order valence-electron chi connectivity index (χ1n) is 6.23. The average molecular weight is 236 g/mol. The molecule has 5 heteroatoms. The predicted molar refractivity (Wildman–Crippen MR) is 57.9 cm³/mol. The van der Waals surface area contributed by atoms with Crippen molar-refractivity contribution in [3.05, 3.63) is 0 Å². The Balaban J connectivity index is 1.71. The first-order valence-corrected chi connectivity index (χ1v) is 6.23. The van der Waals surface area contributed by atoms with Gasteiger partial charge in [0.2, 0.25) is 5.91 Å². The number of nitriles is 1. The Hall–Kier alpha value is -1.12. The van der Waals surface area contributed by atoms with Crippen LogP contribution in [0.4, 0.5) is 0 Å². The molecule has 1 amide bonds. The number of ether oxygens (including phenoxy) is 2. The number of morpholine rings is 1. The van der Waals surface area contributed by atoms with Crippen LogP contribution in [0, 0.1) is 17.2 Å². The normalized spacial score (nSPS) is 40.3. The lowest BCUT2D eigenvalue weighted by Crippen LogP contribution is -2.51. The summed E-state index contributed by atoms with van der Waals surface area (Å²) in [5.41, 5.74) is 0. The van der Waals surface area contributed by atoms with E-state index in [0.29, 0.717) is 19.8 Å². The zero-order valence-electron chi connectivity index (χ0n) is 9.67. The van der Waals surface area contributed by atoms with Gasteiger partial charge >= 0.3 is 0 Å². The number of amides is 1. The van der Waals surface area contributed by atoms with Gasteiger partial charge in [0.05, 0.1) is 37.4 Å². The van der Waals surface area contributed by atoms with E-state index in [9.17, 15) is 4.79 Å². The maximum Gasteiger partial charge on any atom is 0.229 e. The molecule has 0 aromatic heterocycles. The van der Waals surface area contributed by atoms with Crippen molar-refractivity contribution in [2.75, 3.05) is 19.8 Å². The van der Waals surface area contributed by atoms with Crippen LogP contribution in [-0.2, 0) is 14.3 Å². The molecule has 0 spiro atoms. The Morgan fingerprint density at radius 3 is 2.94 bits per heavy atom. The molecule has 17 heavy (non-hydrogen) atoms. The van der Waals surface area contributed by atoms with E-state index >= 15 is 0 Å². The molecular formula is C12H16N2O3. The van der Waals surface area contributed by atoms with Crippen LogP contribution in [0.5, 0.6) is 0 Å². The Kier molecular flexibility index (Phi) is 2.77. The third kappa shape index (κ3) is 1.81. The molecule has 3 aliphatic heterocycles. The highest BCUT2D eigenvalue weighted by molar-refractivity contribution is 5.80. The van der Waals surface area contributed by atoms with Crippen LogP contribution < -0.4 is 0 Å². The zero-order chi connectivity index (χ0) is 11.8. The molecule has 0 aromatic rings. The fourth-order valence-electron chi connectivity index (χ4n) is 3.09. The molecule has 3 heterocycles. The summed E-state index contributed by atoms with van der Waals surface area (Å²) in [6.07, 6.45) is 3.27. The Labute approximate surface area is 100 Å². The van der Waals surface area contributed by atoms with E-state index < -0.39 is 6.04 Å². The summed E-state index contributed by atoms with van der Waals surface area (Å²) in [4.78, 5) is 14.1. The summed E-state index contributed by atoms with van der Waals surface area (Å²) >= 11 is 0. The van der Waals surface area contributed by atoms with Gasteiger partial charge in [0.15, 0.2) is 0 Å². The van der Waals surface area contributed by atoms with Gasteiger partial charge in [0.25, 0.3) is 0 Å². The van der Waals surface area contributed by atoms with Crippen LogP contribution >= 0.6 is 0 Å². The topological polar surface area (TPSA) is 62.6 Å². The number of rotatable bonds is 1. The highest BCUT2D eigenvalue weighted by Gasteiger charge is 2.46. The minimum Gasteiger partial charge on any atom is -0.376 e. The molecule has 2 bridgehead atoms. The smallest absolute Gasteiger partial charge is 0.229 e. The molecule has 0 unspecified atom stereocenters. The quantitative estimate of drug-likeness (QED) is 0.657. The summed E-state index contributed by atoms with van der Waals surface area (Å²) in [5.74, 6) is 0.0646. The minimum absolute atomic E-state index is 0.0253. The number of fused-ring (bicyclic) bond motifs is 2. The van der Waals surface area contributed by atoms with Crippen LogP contribution in [0.25, 0.3) is 0 Å². The van der Waals surface area contributed by atoms with Gasteiger partial charge < -0.3 is 14.4 Å². The molecule has 0 aliphatic carbocycles. The van der Waals surface area contributed by atoms with Gasteiger partial charge in [-0.05, 0) is 19.3 Å². The molecule has 3 fully saturated rings. The number of hydrogen-bond donors (Lipinski definition) is 0. The first kappa shape index (κ1) is 11.0. The lowest BCUT2D eigenvalue weighted by molar-refractivity contribution is -0.143. The van der Waals surface area contributed by atoms with Crippen LogP contribution in [0.15, 0.2) is 0 Å². The van der Waals surface area contributed by atoms with Crippen molar-refractivity contribution >= 4 is 5.91 Å². The number of carbonyl (C=O) groups excluding carboxylic acids is 1. The lowest BCUT2D eigenvalue weighted by Gasteiger charge is -2.34. The van der Waals surface area contributed by atoms with Gasteiger partial charge in [-0.1, -0.05) is 0 Å². The Bertz CT molecular complexity index is 365. The summed E-state index contributed by atoms with van der Waals surface area (Å²) in [5, 5.41) is 9.03. The molecule has 92 valence electrons. The highest BCUT2D eigenvalue weighted by atomic mass is 16.5. The maximum atomic E-state index is 12.4. The minimum atomic E-state index is -0.421. The third-order valence-corrected chi connectivity index (χ3v) is 3.98. The fraction of sp³-hybridized carbons (Fsp3) is 0.833. The summed E-state index contributed by atoms with van der Waals surface area (Å²) in [7, 11) is 0. The molecule has 0 radical (unpaired) electrons. The second-order valence-corrected chi connectivity index (χ2v) is 4.97. The second kappa shape index (κ2) is 4.28. The molecule has 0 N–H and O–H groups in total. The van der Waals surface area contributed by atoms with E-state index in [2.05, 4.69) is 6.07 Å². The standard InChI is InChI=1S/C12H16N2O3/c13-6-8-7-16-4-3-14(8)12(15)10-5-9-1-2-11(10)17-9/h8-11H,1-5,7H2/t8-,9-,10+,11-/m1/s1. The maximum absolute atomic E-state index is 12.4. The predicted octanol–water partition coefficient (Wildman–Crippen LogP) is 0.305. The van der Waals surface area contributed by atoms with Crippen molar-refractivity contribution in [3.8, 4) is 6.07 Å². The van der Waals surface area contributed by atoms with Crippen LogP contribution in [0.2, 0.25) is 0 Å². The average Bonchev–Trinajstić information content (AvgIpc) is 3.00. The van der Waals surface area contributed by atoms with Gasteiger partial charge in [0, 0.05) is 6.54 Å². The van der Waals surface area contributed by atoms with Crippen LogP contribution in [0.3, 0.4) is 0 Å². The molecule has 3 rings (SSSR count). The summed E-state index contributed by atoms with van der Waals surface area (Å²) < 4.78 is 10.9. The molecule has 0 saturated carbocycles. The highest BCUT2D eigenvalue weighted by Crippen LogP contribution is 2.39. The van der Waals surface area contributed by atoms with E-state index in [0.717, 1.165) is 19.3 Å². The van der Waals surface area contributed by atoms with E-state index in [1.165, 1.54) is 0 Å². The van der Waals surface area contributed by atoms with Crippen molar-refractivity contribution in [1.82, 2.24) is 4.90 Å². The van der Waals surface area contributed by atoms with Gasteiger partial charge in [-0.3, -0.25) is 4.79 Å². The first-order chi connectivity index (χ1) is 8.29. The van der Waals surface area contributed by atoms with Gasteiger partial charge in [-0.2, -0.15) is 5.26 Å². The van der Waals surface area contributed by atoms with Crippen molar-refractivity contribution < 1.29 is 14.3 Å². The van der Waals surface area contributed by atoms with E-state index in [-0.39, 0.29) is 24.0 Å². The van der Waals surface area contributed by atoms with E-state index in [1.807, 2.05) is 0 Å². The largest absolute Gasteiger partial charge is 0.376 e. The molecular weight excluding hydrogens is 220 g/mol. The SMILES string of the molecule is N#C[C@@H]1COCCN1C(=O)[C@H]1C[C@H]2CC[C@H]1O2. The Morgan fingerprint density at radius 1 is 1.41 bits per heavy atom. The van der Waals surface area contributed by atoms with Crippen molar-refractivity contribution in [2.24, 2.45) is 5.92 Å². The molecule has 4 atom stereocenters. The number of hydrogen-bond acceptors (Lipinski definition) is 4.